The molecule has 2 amide bonds. The SMILES string of the molecule is O=C(Nc1ccccc1NC(=O)C(c1ccccc1)c1ccccc1)c1cccnc1. The average molecular weight is 407 g/mol. The zero-order chi connectivity index (χ0) is 21.5. The van der Waals surface area contributed by atoms with Crippen molar-refractivity contribution in [2.24, 2.45) is 0 Å². The Morgan fingerprint density at radius 3 is 1.74 bits per heavy atom. The number of nitrogens with zero attached hydrogens (tertiary/aromatic N) is 1. The van der Waals surface area contributed by atoms with Crippen LogP contribution >= 0.6 is 0 Å². The molecule has 0 saturated carbocycles. The van der Waals surface area contributed by atoms with Crippen molar-refractivity contribution in [1.29, 1.82) is 0 Å². The molecule has 1 heterocycles. The van der Waals surface area contributed by atoms with Crippen LogP contribution in [-0.2, 0) is 4.79 Å². The van der Waals surface area contributed by atoms with E-state index >= 15 is 0 Å². The molecule has 0 atom stereocenters. The van der Waals surface area contributed by atoms with Crippen LogP contribution < -0.4 is 10.6 Å². The lowest BCUT2D eigenvalue weighted by Crippen LogP contribution is -2.23. The molecule has 0 aliphatic carbocycles. The van der Waals surface area contributed by atoms with E-state index in [0.29, 0.717) is 16.9 Å². The largest absolute Gasteiger partial charge is 0.323 e. The maximum atomic E-state index is 13.4. The van der Waals surface area contributed by atoms with Gasteiger partial charge in [-0.2, -0.15) is 0 Å². The summed E-state index contributed by atoms with van der Waals surface area (Å²) < 4.78 is 0. The van der Waals surface area contributed by atoms with Gasteiger partial charge in [-0.15, -0.1) is 0 Å². The maximum absolute atomic E-state index is 13.4. The highest BCUT2D eigenvalue weighted by atomic mass is 16.2. The minimum Gasteiger partial charge on any atom is -0.323 e. The first kappa shape index (κ1) is 20.0. The fourth-order valence-electron chi connectivity index (χ4n) is 3.38. The summed E-state index contributed by atoms with van der Waals surface area (Å²) in [4.78, 5) is 29.9. The minimum atomic E-state index is -0.482. The van der Waals surface area contributed by atoms with Gasteiger partial charge in [0.2, 0.25) is 5.91 Å². The number of carbonyl (C=O) groups is 2. The average Bonchev–Trinajstić information content (AvgIpc) is 2.82. The molecule has 0 spiro atoms. The van der Waals surface area contributed by atoms with E-state index in [4.69, 9.17) is 0 Å². The molecule has 0 saturated heterocycles. The number of rotatable bonds is 6. The summed E-state index contributed by atoms with van der Waals surface area (Å²) in [6.07, 6.45) is 3.11. The molecule has 4 aromatic rings. The number of pyridine rings is 1. The molecule has 31 heavy (non-hydrogen) atoms. The molecule has 0 aliphatic rings. The van der Waals surface area contributed by atoms with Crippen LogP contribution in [-0.4, -0.2) is 16.8 Å². The van der Waals surface area contributed by atoms with Gasteiger partial charge in [-0.25, -0.2) is 0 Å². The van der Waals surface area contributed by atoms with Gasteiger partial charge in [0.05, 0.1) is 22.9 Å². The van der Waals surface area contributed by atoms with Crippen molar-refractivity contribution >= 4 is 23.2 Å². The fraction of sp³-hybridized carbons (Fsp3) is 0.0385. The summed E-state index contributed by atoms with van der Waals surface area (Å²) in [7, 11) is 0. The molecular weight excluding hydrogens is 386 g/mol. The predicted octanol–water partition coefficient (Wildman–Crippen LogP) is 5.10. The second-order valence-corrected chi connectivity index (χ2v) is 6.99. The molecule has 5 nitrogen and oxygen atoms in total. The van der Waals surface area contributed by atoms with Gasteiger partial charge in [0.15, 0.2) is 0 Å². The van der Waals surface area contributed by atoms with Gasteiger partial charge < -0.3 is 10.6 Å². The van der Waals surface area contributed by atoms with Crippen LogP contribution in [0.2, 0.25) is 0 Å². The first-order valence-electron chi connectivity index (χ1n) is 9.93. The molecule has 2 N–H and O–H groups in total. The number of aromatic nitrogens is 1. The van der Waals surface area contributed by atoms with E-state index in [1.807, 2.05) is 66.7 Å². The maximum Gasteiger partial charge on any atom is 0.257 e. The minimum absolute atomic E-state index is 0.180. The highest BCUT2D eigenvalue weighted by Crippen LogP contribution is 2.28. The molecule has 152 valence electrons. The van der Waals surface area contributed by atoms with Gasteiger partial charge in [0.25, 0.3) is 5.91 Å². The Bertz CT molecular complexity index is 1120. The van der Waals surface area contributed by atoms with Crippen LogP contribution in [0.5, 0.6) is 0 Å². The van der Waals surface area contributed by atoms with Crippen molar-refractivity contribution in [2.45, 2.75) is 5.92 Å². The van der Waals surface area contributed by atoms with E-state index in [9.17, 15) is 9.59 Å². The Morgan fingerprint density at radius 2 is 1.19 bits per heavy atom. The van der Waals surface area contributed by atoms with Gasteiger partial charge in [-0.1, -0.05) is 72.8 Å². The molecular formula is C26H21N3O2. The van der Waals surface area contributed by atoms with Gasteiger partial charge in [-0.3, -0.25) is 14.6 Å². The van der Waals surface area contributed by atoms with Gasteiger partial charge in [-0.05, 0) is 35.4 Å². The topological polar surface area (TPSA) is 71.1 Å². The Balaban J connectivity index is 1.61. The summed E-state index contributed by atoms with van der Waals surface area (Å²) >= 11 is 0. The zero-order valence-electron chi connectivity index (χ0n) is 16.7. The Kier molecular flexibility index (Phi) is 6.14. The molecule has 0 bridgehead atoms. The number of benzene rings is 3. The molecule has 0 aliphatic heterocycles. The van der Waals surface area contributed by atoms with Crippen molar-refractivity contribution in [3.8, 4) is 0 Å². The zero-order valence-corrected chi connectivity index (χ0v) is 16.7. The van der Waals surface area contributed by atoms with E-state index in [0.717, 1.165) is 11.1 Å². The van der Waals surface area contributed by atoms with Crippen molar-refractivity contribution in [3.05, 3.63) is 126 Å². The summed E-state index contributed by atoms with van der Waals surface area (Å²) in [6.45, 7) is 0. The second-order valence-electron chi connectivity index (χ2n) is 6.99. The van der Waals surface area contributed by atoms with Gasteiger partial charge >= 0.3 is 0 Å². The van der Waals surface area contributed by atoms with Crippen molar-refractivity contribution < 1.29 is 9.59 Å². The second kappa shape index (κ2) is 9.50. The van der Waals surface area contributed by atoms with E-state index < -0.39 is 5.92 Å². The predicted molar refractivity (Wildman–Crippen MR) is 122 cm³/mol. The molecule has 1 aromatic heterocycles. The van der Waals surface area contributed by atoms with Gasteiger partial charge in [0.1, 0.15) is 0 Å². The highest BCUT2D eigenvalue weighted by molar-refractivity contribution is 6.08. The lowest BCUT2D eigenvalue weighted by Gasteiger charge is -2.19. The molecule has 0 fully saturated rings. The van der Waals surface area contributed by atoms with Crippen molar-refractivity contribution in [1.82, 2.24) is 4.98 Å². The van der Waals surface area contributed by atoms with Crippen LogP contribution in [0.15, 0.2) is 109 Å². The normalized spacial score (nSPS) is 10.5. The van der Waals surface area contributed by atoms with E-state index in [-0.39, 0.29) is 11.8 Å². The number of para-hydroxylation sites is 2. The van der Waals surface area contributed by atoms with E-state index in [1.54, 1.807) is 36.5 Å². The molecule has 0 radical (unpaired) electrons. The third-order valence-electron chi connectivity index (χ3n) is 4.88. The molecule has 5 heteroatoms. The molecule has 0 unspecified atom stereocenters. The Hall–Kier alpha value is -4.25. The summed E-state index contributed by atoms with van der Waals surface area (Å²) in [6, 6.07) is 29.8. The number of anilines is 2. The summed E-state index contributed by atoms with van der Waals surface area (Å²) in [5, 5.41) is 5.85. The first-order valence-corrected chi connectivity index (χ1v) is 9.93. The monoisotopic (exact) mass is 407 g/mol. The lowest BCUT2D eigenvalue weighted by atomic mass is 9.90. The number of hydrogen-bond acceptors (Lipinski definition) is 3. The van der Waals surface area contributed by atoms with E-state index in [2.05, 4.69) is 15.6 Å². The van der Waals surface area contributed by atoms with Crippen LogP contribution in [0.1, 0.15) is 27.4 Å². The van der Waals surface area contributed by atoms with Crippen LogP contribution in [0.25, 0.3) is 0 Å². The quantitative estimate of drug-likeness (QED) is 0.467. The fourth-order valence-corrected chi connectivity index (χ4v) is 3.38. The molecule has 4 rings (SSSR count). The third-order valence-corrected chi connectivity index (χ3v) is 4.88. The Labute approximate surface area is 180 Å². The number of amides is 2. The number of hydrogen-bond donors (Lipinski definition) is 2. The number of carbonyl (C=O) groups excluding carboxylic acids is 2. The third kappa shape index (κ3) is 4.85. The summed E-state index contributed by atoms with van der Waals surface area (Å²) in [5.74, 6) is -0.956. The Morgan fingerprint density at radius 1 is 0.645 bits per heavy atom. The first-order chi connectivity index (χ1) is 15.2. The highest BCUT2D eigenvalue weighted by Gasteiger charge is 2.23. The van der Waals surface area contributed by atoms with Crippen molar-refractivity contribution in [3.63, 3.8) is 0 Å². The van der Waals surface area contributed by atoms with Gasteiger partial charge in [0, 0.05) is 12.4 Å². The van der Waals surface area contributed by atoms with Crippen LogP contribution in [0.3, 0.4) is 0 Å². The van der Waals surface area contributed by atoms with Crippen LogP contribution in [0.4, 0.5) is 11.4 Å². The summed E-state index contributed by atoms with van der Waals surface area (Å²) in [5.41, 5.74) is 3.27. The molecule has 3 aromatic carbocycles. The number of nitrogens with one attached hydrogen (secondary N) is 2. The smallest absolute Gasteiger partial charge is 0.257 e. The van der Waals surface area contributed by atoms with Crippen LogP contribution in [0, 0.1) is 0 Å². The lowest BCUT2D eigenvalue weighted by molar-refractivity contribution is -0.116. The standard InChI is InChI=1S/C26H21N3O2/c30-25(21-14-9-17-27-18-21)28-22-15-7-8-16-23(22)29-26(31)24(19-10-3-1-4-11-19)20-12-5-2-6-13-20/h1-18,24H,(H,28,30)(H,29,31). The van der Waals surface area contributed by atoms with E-state index in [1.165, 1.54) is 6.20 Å². The van der Waals surface area contributed by atoms with Crippen molar-refractivity contribution in [2.75, 3.05) is 10.6 Å².